The average molecular weight is 216 g/mol. The third kappa shape index (κ3) is 10.7. The second-order valence-corrected chi connectivity index (χ2v) is 4.06. The fraction of sp³-hybridized carbons (Fsp3) is 0.727. The second-order valence-electron chi connectivity index (χ2n) is 4.06. The first-order valence-electron chi connectivity index (χ1n) is 5.04. The molecule has 0 bridgehead atoms. The molecule has 0 aliphatic carbocycles. The molecule has 0 spiro atoms. The number of ether oxygens (including phenoxy) is 3. The van der Waals surface area contributed by atoms with Crippen LogP contribution in [0.4, 0.5) is 4.79 Å². The summed E-state index contributed by atoms with van der Waals surface area (Å²) in [6.45, 7) is 9.77. The molecule has 0 unspecified atom stereocenters. The highest BCUT2D eigenvalue weighted by Gasteiger charge is 2.16. The van der Waals surface area contributed by atoms with Crippen molar-refractivity contribution >= 4 is 6.16 Å². The highest BCUT2D eigenvalue weighted by Crippen LogP contribution is 2.08. The van der Waals surface area contributed by atoms with Crippen LogP contribution in [0.2, 0.25) is 0 Å². The largest absolute Gasteiger partial charge is 0.508 e. The zero-order chi connectivity index (χ0) is 11.7. The third-order valence-electron chi connectivity index (χ3n) is 1.38. The smallest absolute Gasteiger partial charge is 0.502 e. The van der Waals surface area contributed by atoms with Crippen molar-refractivity contribution in [1.82, 2.24) is 0 Å². The monoisotopic (exact) mass is 216 g/mol. The summed E-state index contributed by atoms with van der Waals surface area (Å²) in [5.74, 6) is 0. The number of carbonyl (C=O) groups is 1. The van der Waals surface area contributed by atoms with E-state index >= 15 is 0 Å². The summed E-state index contributed by atoms with van der Waals surface area (Å²) in [6, 6.07) is 0. The standard InChI is InChI=1S/C11H20O4/c1-5-13-8-6-7-9-14-10(12)15-11(2,3)4/h5H,1,6-9H2,2-4H3. The van der Waals surface area contributed by atoms with Gasteiger partial charge in [0.25, 0.3) is 0 Å². The summed E-state index contributed by atoms with van der Waals surface area (Å²) in [6.07, 6.45) is 2.36. The Morgan fingerprint density at radius 2 is 1.87 bits per heavy atom. The van der Waals surface area contributed by atoms with E-state index in [-0.39, 0.29) is 0 Å². The number of rotatable bonds is 6. The molecule has 0 rings (SSSR count). The number of unbranched alkanes of at least 4 members (excludes halogenated alkanes) is 1. The molecule has 0 aromatic carbocycles. The van der Waals surface area contributed by atoms with E-state index in [0.29, 0.717) is 13.2 Å². The maximum atomic E-state index is 11.1. The molecule has 0 aliphatic rings. The van der Waals surface area contributed by atoms with Gasteiger partial charge in [-0.15, -0.1) is 0 Å². The van der Waals surface area contributed by atoms with Gasteiger partial charge in [-0.2, -0.15) is 0 Å². The lowest BCUT2D eigenvalue weighted by Crippen LogP contribution is -2.24. The van der Waals surface area contributed by atoms with E-state index in [1.165, 1.54) is 6.26 Å². The van der Waals surface area contributed by atoms with Crippen LogP contribution in [-0.2, 0) is 14.2 Å². The van der Waals surface area contributed by atoms with Crippen LogP contribution < -0.4 is 0 Å². The van der Waals surface area contributed by atoms with Crippen LogP contribution in [0.25, 0.3) is 0 Å². The summed E-state index contributed by atoms with van der Waals surface area (Å²) < 4.78 is 14.7. The molecular weight excluding hydrogens is 196 g/mol. The maximum absolute atomic E-state index is 11.1. The van der Waals surface area contributed by atoms with E-state index in [2.05, 4.69) is 6.58 Å². The van der Waals surface area contributed by atoms with Crippen LogP contribution in [0, 0.1) is 0 Å². The molecule has 0 atom stereocenters. The van der Waals surface area contributed by atoms with Crippen molar-refractivity contribution < 1.29 is 19.0 Å². The van der Waals surface area contributed by atoms with Crippen molar-refractivity contribution in [3.8, 4) is 0 Å². The number of hydrogen-bond donors (Lipinski definition) is 0. The first kappa shape index (κ1) is 13.8. The summed E-state index contributed by atoms with van der Waals surface area (Å²) >= 11 is 0. The first-order valence-corrected chi connectivity index (χ1v) is 5.04. The quantitative estimate of drug-likeness (QED) is 0.389. The van der Waals surface area contributed by atoms with Gasteiger partial charge in [0, 0.05) is 0 Å². The molecule has 0 amide bonds. The summed E-state index contributed by atoms with van der Waals surface area (Å²) in [4.78, 5) is 11.1. The SMILES string of the molecule is C=COCCCCOC(=O)OC(C)(C)C. The minimum absolute atomic E-state index is 0.357. The van der Waals surface area contributed by atoms with Crippen molar-refractivity contribution in [2.75, 3.05) is 13.2 Å². The Labute approximate surface area is 91.2 Å². The molecule has 0 heterocycles. The third-order valence-corrected chi connectivity index (χ3v) is 1.38. The van der Waals surface area contributed by atoms with Gasteiger partial charge in [0.15, 0.2) is 0 Å². The molecule has 0 fully saturated rings. The summed E-state index contributed by atoms with van der Waals surface area (Å²) in [5.41, 5.74) is -0.497. The molecule has 88 valence electrons. The van der Waals surface area contributed by atoms with Gasteiger partial charge in [0.2, 0.25) is 0 Å². The highest BCUT2D eigenvalue weighted by atomic mass is 16.7. The Kier molecular flexibility index (Phi) is 6.58. The van der Waals surface area contributed by atoms with Crippen molar-refractivity contribution in [3.05, 3.63) is 12.8 Å². The molecule has 15 heavy (non-hydrogen) atoms. The summed E-state index contributed by atoms with van der Waals surface area (Å²) in [5, 5.41) is 0. The van der Waals surface area contributed by atoms with E-state index in [9.17, 15) is 4.79 Å². The van der Waals surface area contributed by atoms with Gasteiger partial charge in [-0.25, -0.2) is 4.79 Å². The lowest BCUT2D eigenvalue weighted by molar-refractivity contribution is -0.00807. The predicted octanol–water partition coefficient (Wildman–Crippen LogP) is 2.88. The van der Waals surface area contributed by atoms with Crippen molar-refractivity contribution in [1.29, 1.82) is 0 Å². The average Bonchev–Trinajstić information content (AvgIpc) is 2.08. The van der Waals surface area contributed by atoms with Gasteiger partial charge in [-0.1, -0.05) is 6.58 Å². The molecule has 0 aromatic rings. The Bertz CT molecular complexity index is 193. The first-order chi connectivity index (χ1) is 6.95. The van der Waals surface area contributed by atoms with Crippen LogP contribution in [-0.4, -0.2) is 25.0 Å². The van der Waals surface area contributed by atoms with Gasteiger partial charge in [-0.05, 0) is 33.6 Å². The molecule has 0 radical (unpaired) electrons. The molecule has 0 saturated carbocycles. The Morgan fingerprint density at radius 3 is 2.40 bits per heavy atom. The molecule has 0 aromatic heterocycles. The van der Waals surface area contributed by atoms with Gasteiger partial charge in [0.05, 0.1) is 19.5 Å². The molecule has 4 heteroatoms. The van der Waals surface area contributed by atoms with Gasteiger partial charge < -0.3 is 14.2 Å². The molecule has 0 N–H and O–H groups in total. The predicted molar refractivity (Wildman–Crippen MR) is 57.6 cm³/mol. The topological polar surface area (TPSA) is 44.8 Å². The number of carbonyl (C=O) groups excluding carboxylic acids is 1. The minimum Gasteiger partial charge on any atom is -0.502 e. The Balaban J connectivity index is 3.36. The van der Waals surface area contributed by atoms with Crippen molar-refractivity contribution in [2.45, 2.75) is 39.2 Å². The van der Waals surface area contributed by atoms with Crippen LogP contribution in [0.5, 0.6) is 0 Å². The van der Waals surface area contributed by atoms with Crippen LogP contribution in [0.15, 0.2) is 12.8 Å². The zero-order valence-corrected chi connectivity index (χ0v) is 9.75. The van der Waals surface area contributed by atoms with E-state index < -0.39 is 11.8 Å². The Hall–Kier alpha value is -1.19. The van der Waals surface area contributed by atoms with E-state index in [1.54, 1.807) is 20.8 Å². The van der Waals surface area contributed by atoms with Crippen LogP contribution in [0.1, 0.15) is 33.6 Å². The van der Waals surface area contributed by atoms with E-state index in [4.69, 9.17) is 14.2 Å². The lowest BCUT2D eigenvalue weighted by atomic mass is 10.2. The molecular formula is C11H20O4. The number of hydrogen-bond acceptors (Lipinski definition) is 4. The molecule has 0 aliphatic heterocycles. The minimum atomic E-state index is -0.618. The highest BCUT2D eigenvalue weighted by molar-refractivity contribution is 5.60. The fourth-order valence-electron chi connectivity index (χ4n) is 0.806. The Morgan fingerprint density at radius 1 is 1.27 bits per heavy atom. The van der Waals surface area contributed by atoms with Gasteiger partial charge >= 0.3 is 6.16 Å². The van der Waals surface area contributed by atoms with E-state index in [1.807, 2.05) is 0 Å². The fourth-order valence-corrected chi connectivity index (χ4v) is 0.806. The molecule has 4 nitrogen and oxygen atoms in total. The normalized spacial score (nSPS) is 10.6. The lowest BCUT2D eigenvalue weighted by Gasteiger charge is -2.18. The van der Waals surface area contributed by atoms with Gasteiger partial charge in [0.1, 0.15) is 5.60 Å². The molecule has 0 saturated heterocycles. The van der Waals surface area contributed by atoms with Crippen molar-refractivity contribution in [3.63, 3.8) is 0 Å². The van der Waals surface area contributed by atoms with Crippen LogP contribution >= 0.6 is 0 Å². The van der Waals surface area contributed by atoms with Gasteiger partial charge in [-0.3, -0.25) is 0 Å². The maximum Gasteiger partial charge on any atom is 0.508 e. The second kappa shape index (κ2) is 7.15. The zero-order valence-electron chi connectivity index (χ0n) is 9.75. The van der Waals surface area contributed by atoms with Crippen LogP contribution in [0.3, 0.4) is 0 Å². The summed E-state index contributed by atoms with van der Waals surface area (Å²) in [7, 11) is 0. The van der Waals surface area contributed by atoms with E-state index in [0.717, 1.165) is 12.8 Å². The van der Waals surface area contributed by atoms with Crippen molar-refractivity contribution in [2.24, 2.45) is 0 Å².